The second-order valence-corrected chi connectivity index (χ2v) is 8.26. The summed E-state index contributed by atoms with van der Waals surface area (Å²) < 4.78 is 5.50. The highest BCUT2D eigenvalue weighted by Crippen LogP contribution is 2.35. The van der Waals surface area contributed by atoms with E-state index < -0.39 is 5.60 Å². The molecule has 5 heteroatoms. The molecule has 0 aromatic heterocycles. The summed E-state index contributed by atoms with van der Waals surface area (Å²) in [5.41, 5.74) is 1.65. The van der Waals surface area contributed by atoms with Crippen molar-refractivity contribution in [1.29, 1.82) is 0 Å². The molecule has 1 saturated heterocycles. The number of amides is 2. The molecule has 0 aliphatic carbocycles. The Kier molecular flexibility index (Phi) is 7.20. The van der Waals surface area contributed by atoms with Crippen LogP contribution in [0.25, 0.3) is 0 Å². The van der Waals surface area contributed by atoms with Crippen molar-refractivity contribution in [1.82, 2.24) is 10.6 Å². The first-order valence-corrected chi connectivity index (χ1v) is 11.2. The van der Waals surface area contributed by atoms with Gasteiger partial charge in [0, 0.05) is 13.2 Å². The predicted octanol–water partition coefficient (Wildman–Crippen LogP) is 4.39. The molecule has 0 spiro atoms. The average molecular weight is 431 g/mol. The van der Waals surface area contributed by atoms with Crippen LogP contribution in [0.15, 0.2) is 91.0 Å². The van der Waals surface area contributed by atoms with Crippen LogP contribution >= 0.6 is 0 Å². The van der Waals surface area contributed by atoms with Gasteiger partial charge in [0.05, 0.1) is 12.6 Å². The third kappa shape index (κ3) is 5.18. The number of urea groups is 1. The first-order chi connectivity index (χ1) is 15.7. The minimum Gasteiger partial charge on any atom is -0.383 e. The molecular formula is C27H30N2O3. The maximum Gasteiger partial charge on any atom is 0.315 e. The van der Waals surface area contributed by atoms with E-state index in [9.17, 15) is 9.90 Å². The lowest BCUT2D eigenvalue weighted by Gasteiger charge is -2.39. The largest absolute Gasteiger partial charge is 0.383 e. The van der Waals surface area contributed by atoms with Gasteiger partial charge in [0.15, 0.2) is 0 Å². The molecule has 1 aliphatic rings. The summed E-state index contributed by atoms with van der Waals surface area (Å²) in [5.74, 6) is 0.0120. The number of ether oxygens (including phenoxy) is 1. The summed E-state index contributed by atoms with van der Waals surface area (Å²) in [6, 6.07) is 28.8. The molecule has 32 heavy (non-hydrogen) atoms. The fraction of sp³-hybridized carbons (Fsp3) is 0.296. The summed E-state index contributed by atoms with van der Waals surface area (Å²) >= 11 is 0. The van der Waals surface area contributed by atoms with Crippen LogP contribution in [-0.4, -0.2) is 30.9 Å². The fourth-order valence-corrected chi connectivity index (χ4v) is 4.43. The molecule has 3 N–H and O–H groups in total. The van der Waals surface area contributed by atoms with E-state index in [1.54, 1.807) is 0 Å². The van der Waals surface area contributed by atoms with Crippen LogP contribution in [0.4, 0.5) is 4.79 Å². The maximum atomic E-state index is 13.0. The van der Waals surface area contributed by atoms with Gasteiger partial charge in [0.1, 0.15) is 5.60 Å². The van der Waals surface area contributed by atoms with Gasteiger partial charge in [-0.2, -0.15) is 0 Å². The highest BCUT2D eigenvalue weighted by Gasteiger charge is 2.39. The van der Waals surface area contributed by atoms with Crippen molar-refractivity contribution in [2.24, 2.45) is 5.92 Å². The lowest BCUT2D eigenvalue weighted by atomic mass is 9.77. The van der Waals surface area contributed by atoms with Gasteiger partial charge in [-0.1, -0.05) is 91.0 Å². The van der Waals surface area contributed by atoms with Gasteiger partial charge in [-0.05, 0) is 35.4 Å². The molecular weight excluding hydrogens is 400 g/mol. The van der Waals surface area contributed by atoms with Crippen molar-refractivity contribution in [2.45, 2.75) is 24.5 Å². The standard InChI is InChI=1S/C27H30N2O3/c30-26(29-25(21-10-4-1-5-11-21)22-12-6-2-7-13-22)28-20-27(31,23-14-8-3-9-15-23)24-16-18-32-19-17-24/h1-15,24-25,31H,16-20H2,(H2,28,29,30)/t27-/m0/s1. The Hall–Kier alpha value is -3.15. The maximum absolute atomic E-state index is 13.0. The van der Waals surface area contributed by atoms with Gasteiger partial charge in [-0.25, -0.2) is 4.79 Å². The van der Waals surface area contributed by atoms with Crippen molar-refractivity contribution in [3.8, 4) is 0 Å². The number of benzene rings is 3. The molecule has 1 heterocycles. The van der Waals surface area contributed by atoms with E-state index in [1.165, 1.54) is 0 Å². The Morgan fingerprint density at radius 1 is 0.875 bits per heavy atom. The number of rotatable bonds is 7. The van der Waals surface area contributed by atoms with E-state index in [4.69, 9.17) is 4.74 Å². The number of carbonyl (C=O) groups is 1. The lowest BCUT2D eigenvalue weighted by Crippen LogP contribution is -2.50. The molecule has 166 valence electrons. The number of carbonyl (C=O) groups excluding carboxylic acids is 1. The van der Waals surface area contributed by atoms with Crippen LogP contribution in [0.3, 0.4) is 0 Å². The second-order valence-electron chi connectivity index (χ2n) is 8.26. The van der Waals surface area contributed by atoms with E-state index in [1.807, 2.05) is 91.0 Å². The van der Waals surface area contributed by atoms with Crippen LogP contribution < -0.4 is 10.6 Å². The second kappa shape index (κ2) is 10.4. The van der Waals surface area contributed by atoms with Crippen LogP contribution in [-0.2, 0) is 10.3 Å². The molecule has 1 atom stereocenters. The van der Waals surface area contributed by atoms with E-state index in [0.29, 0.717) is 13.2 Å². The molecule has 1 fully saturated rings. The summed E-state index contributed by atoms with van der Waals surface area (Å²) in [4.78, 5) is 13.0. The first kappa shape index (κ1) is 22.1. The van der Waals surface area contributed by atoms with Gasteiger partial charge < -0.3 is 20.5 Å². The Balaban J connectivity index is 1.51. The van der Waals surface area contributed by atoms with Crippen molar-refractivity contribution in [3.63, 3.8) is 0 Å². The minimum absolute atomic E-state index is 0.0120. The minimum atomic E-state index is -1.16. The van der Waals surface area contributed by atoms with Crippen molar-refractivity contribution in [2.75, 3.05) is 19.8 Å². The third-order valence-electron chi connectivity index (χ3n) is 6.23. The summed E-state index contributed by atoms with van der Waals surface area (Å²) in [7, 11) is 0. The Morgan fingerprint density at radius 3 is 1.91 bits per heavy atom. The van der Waals surface area contributed by atoms with Crippen LogP contribution in [0.2, 0.25) is 0 Å². The molecule has 3 aromatic carbocycles. The molecule has 2 amide bonds. The first-order valence-electron chi connectivity index (χ1n) is 11.2. The van der Waals surface area contributed by atoms with Gasteiger partial charge in [-0.15, -0.1) is 0 Å². The van der Waals surface area contributed by atoms with Crippen LogP contribution in [0.5, 0.6) is 0 Å². The molecule has 0 radical (unpaired) electrons. The molecule has 0 unspecified atom stereocenters. The summed E-state index contributed by atoms with van der Waals surface area (Å²) in [6.07, 6.45) is 1.51. The molecule has 3 aromatic rings. The van der Waals surface area contributed by atoms with E-state index in [0.717, 1.165) is 29.5 Å². The topological polar surface area (TPSA) is 70.6 Å². The molecule has 5 nitrogen and oxygen atoms in total. The zero-order valence-corrected chi connectivity index (χ0v) is 18.1. The number of nitrogens with one attached hydrogen (secondary N) is 2. The van der Waals surface area contributed by atoms with Gasteiger partial charge in [-0.3, -0.25) is 0 Å². The molecule has 1 aliphatic heterocycles. The van der Waals surface area contributed by atoms with Crippen LogP contribution in [0, 0.1) is 5.92 Å². The Bertz CT molecular complexity index is 936. The van der Waals surface area contributed by atoms with Crippen molar-refractivity contribution < 1.29 is 14.6 Å². The molecule has 4 rings (SSSR count). The Labute approximate surface area is 189 Å². The van der Waals surface area contributed by atoms with E-state index in [-0.39, 0.29) is 24.5 Å². The average Bonchev–Trinajstić information content (AvgIpc) is 2.88. The predicted molar refractivity (Wildman–Crippen MR) is 125 cm³/mol. The lowest BCUT2D eigenvalue weighted by molar-refractivity contribution is -0.0676. The van der Waals surface area contributed by atoms with Gasteiger partial charge in [0.2, 0.25) is 0 Å². The third-order valence-corrected chi connectivity index (χ3v) is 6.23. The normalized spacial score (nSPS) is 16.3. The van der Waals surface area contributed by atoms with Crippen molar-refractivity contribution >= 4 is 6.03 Å². The number of aliphatic hydroxyl groups is 1. The quantitative estimate of drug-likeness (QED) is 0.521. The fourth-order valence-electron chi connectivity index (χ4n) is 4.43. The monoisotopic (exact) mass is 430 g/mol. The van der Waals surface area contributed by atoms with Crippen LogP contribution in [0.1, 0.15) is 35.6 Å². The van der Waals surface area contributed by atoms with E-state index >= 15 is 0 Å². The zero-order valence-electron chi connectivity index (χ0n) is 18.1. The van der Waals surface area contributed by atoms with Crippen molar-refractivity contribution in [3.05, 3.63) is 108 Å². The smallest absolute Gasteiger partial charge is 0.315 e. The SMILES string of the molecule is O=C(NC[C@](O)(c1ccccc1)C1CCOCC1)NC(c1ccccc1)c1ccccc1. The highest BCUT2D eigenvalue weighted by atomic mass is 16.5. The van der Waals surface area contributed by atoms with Gasteiger partial charge in [0.25, 0.3) is 0 Å². The number of hydrogen-bond acceptors (Lipinski definition) is 3. The van der Waals surface area contributed by atoms with Gasteiger partial charge >= 0.3 is 6.03 Å². The summed E-state index contributed by atoms with van der Waals surface area (Å²) in [6.45, 7) is 1.37. The molecule has 0 bridgehead atoms. The molecule has 0 saturated carbocycles. The zero-order chi connectivity index (χ0) is 22.2. The number of hydrogen-bond donors (Lipinski definition) is 3. The van der Waals surface area contributed by atoms with E-state index in [2.05, 4.69) is 10.6 Å². The highest BCUT2D eigenvalue weighted by molar-refractivity contribution is 5.75. The Morgan fingerprint density at radius 2 is 1.38 bits per heavy atom. The summed E-state index contributed by atoms with van der Waals surface area (Å²) in [5, 5.41) is 17.8.